The van der Waals surface area contributed by atoms with Gasteiger partial charge >= 0.3 is 5.97 Å². The van der Waals surface area contributed by atoms with Crippen molar-refractivity contribution in [3.8, 4) is 0 Å². The van der Waals surface area contributed by atoms with E-state index >= 15 is 0 Å². The SMILES string of the molecule is CCO/C=C(\C(=O)O)C(=O)c1cc(Cl)c(Cl)nc1Cl. The quantitative estimate of drug-likeness (QED) is 0.225. The number of rotatable bonds is 5. The first kappa shape index (κ1) is 15.8. The van der Waals surface area contributed by atoms with Gasteiger partial charge in [-0.25, -0.2) is 9.78 Å². The van der Waals surface area contributed by atoms with Crippen LogP contribution in [0.5, 0.6) is 0 Å². The maximum Gasteiger partial charge on any atom is 0.342 e. The second-order valence-electron chi connectivity index (χ2n) is 3.22. The lowest BCUT2D eigenvalue weighted by atomic mass is 10.1. The van der Waals surface area contributed by atoms with E-state index < -0.39 is 17.3 Å². The van der Waals surface area contributed by atoms with E-state index in [0.717, 1.165) is 12.3 Å². The molecule has 0 fully saturated rings. The molecule has 0 saturated carbocycles. The van der Waals surface area contributed by atoms with Crippen LogP contribution in [0.25, 0.3) is 0 Å². The van der Waals surface area contributed by atoms with Crippen molar-refractivity contribution in [3.05, 3.63) is 38.8 Å². The van der Waals surface area contributed by atoms with Crippen molar-refractivity contribution in [2.75, 3.05) is 6.61 Å². The molecule has 102 valence electrons. The fourth-order valence-corrected chi connectivity index (χ4v) is 1.68. The van der Waals surface area contributed by atoms with E-state index in [1.165, 1.54) is 0 Å². The number of hydrogen-bond acceptors (Lipinski definition) is 4. The van der Waals surface area contributed by atoms with Gasteiger partial charge in [0.1, 0.15) is 22.1 Å². The van der Waals surface area contributed by atoms with Gasteiger partial charge in [0.25, 0.3) is 0 Å². The number of carboxylic acids is 1. The molecular formula is C11H8Cl3NO4. The molecule has 0 saturated heterocycles. The van der Waals surface area contributed by atoms with Gasteiger partial charge in [-0.15, -0.1) is 0 Å². The van der Waals surface area contributed by atoms with Crippen molar-refractivity contribution >= 4 is 46.6 Å². The van der Waals surface area contributed by atoms with E-state index in [0.29, 0.717) is 0 Å². The monoisotopic (exact) mass is 323 g/mol. The Morgan fingerprint density at radius 2 is 2.00 bits per heavy atom. The highest BCUT2D eigenvalue weighted by molar-refractivity contribution is 6.43. The first-order chi connectivity index (χ1) is 8.88. The molecule has 1 N–H and O–H groups in total. The summed E-state index contributed by atoms with van der Waals surface area (Å²) < 4.78 is 4.81. The van der Waals surface area contributed by atoms with Crippen LogP contribution in [0.15, 0.2) is 17.9 Å². The number of ketones is 1. The molecule has 0 aliphatic heterocycles. The highest BCUT2D eigenvalue weighted by atomic mass is 35.5. The van der Waals surface area contributed by atoms with Gasteiger partial charge in [-0.05, 0) is 13.0 Å². The molecule has 1 heterocycles. The van der Waals surface area contributed by atoms with Gasteiger partial charge in [-0.3, -0.25) is 4.79 Å². The summed E-state index contributed by atoms with van der Waals surface area (Å²) in [5.74, 6) is -2.31. The minimum atomic E-state index is -1.44. The molecule has 8 heteroatoms. The lowest BCUT2D eigenvalue weighted by molar-refractivity contribution is -0.132. The van der Waals surface area contributed by atoms with Crippen LogP contribution in [0.1, 0.15) is 17.3 Å². The molecule has 0 bridgehead atoms. The van der Waals surface area contributed by atoms with Crippen molar-refractivity contribution in [1.82, 2.24) is 4.98 Å². The maximum absolute atomic E-state index is 12.0. The molecule has 0 radical (unpaired) electrons. The maximum atomic E-state index is 12.0. The van der Waals surface area contributed by atoms with Crippen LogP contribution in [-0.4, -0.2) is 28.4 Å². The summed E-state index contributed by atoms with van der Waals surface area (Å²) in [5, 5.41) is 8.64. The molecule has 0 amide bonds. The molecule has 1 rings (SSSR count). The summed E-state index contributed by atoms with van der Waals surface area (Å²) in [7, 11) is 0. The Balaban J connectivity index is 3.24. The second kappa shape index (κ2) is 6.75. The number of pyridine rings is 1. The van der Waals surface area contributed by atoms with Crippen LogP contribution in [0.2, 0.25) is 15.3 Å². The summed E-state index contributed by atoms with van der Waals surface area (Å²) in [6.45, 7) is 1.87. The minimum absolute atomic E-state index is 0.00411. The minimum Gasteiger partial charge on any atom is -0.500 e. The van der Waals surface area contributed by atoms with Crippen LogP contribution in [0, 0.1) is 0 Å². The van der Waals surface area contributed by atoms with E-state index in [1.807, 2.05) is 0 Å². The van der Waals surface area contributed by atoms with E-state index in [1.54, 1.807) is 6.92 Å². The first-order valence-corrected chi connectivity index (χ1v) is 6.13. The fourth-order valence-electron chi connectivity index (χ4n) is 1.12. The third kappa shape index (κ3) is 3.83. The Bertz CT molecular complexity index is 557. The number of carbonyl (C=O) groups excluding carboxylic acids is 1. The Morgan fingerprint density at radius 1 is 1.37 bits per heavy atom. The number of aromatic nitrogens is 1. The van der Waals surface area contributed by atoms with Gasteiger partial charge < -0.3 is 9.84 Å². The summed E-state index contributed by atoms with van der Waals surface area (Å²) in [5.41, 5.74) is -0.742. The molecule has 1 aromatic rings. The Hall–Kier alpha value is -1.30. The third-order valence-corrected chi connectivity index (χ3v) is 2.94. The van der Waals surface area contributed by atoms with Crippen molar-refractivity contribution in [3.63, 3.8) is 0 Å². The molecule has 5 nitrogen and oxygen atoms in total. The third-order valence-electron chi connectivity index (χ3n) is 1.97. The van der Waals surface area contributed by atoms with E-state index in [2.05, 4.69) is 4.98 Å². The van der Waals surface area contributed by atoms with E-state index in [4.69, 9.17) is 44.6 Å². The molecule has 1 aromatic heterocycles. The molecule has 0 aliphatic rings. The van der Waals surface area contributed by atoms with Crippen molar-refractivity contribution in [2.45, 2.75) is 6.92 Å². The average Bonchev–Trinajstić information content (AvgIpc) is 2.33. The second-order valence-corrected chi connectivity index (χ2v) is 4.34. The molecular weight excluding hydrogens is 316 g/mol. The Labute approximate surface area is 123 Å². The standard InChI is InChI=1S/C11H8Cl3NO4/c1-2-19-4-6(11(17)18)8(16)5-3-7(12)10(14)15-9(5)13/h3-4H,2H2,1H3,(H,17,18)/b6-4-. The van der Waals surface area contributed by atoms with Crippen LogP contribution in [-0.2, 0) is 9.53 Å². The highest BCUT2D eigenvalue weighted by Crippen LogP contribution is 2.27. The average molecular weight is 325 g/mol. The normalized spacial score (nSPS) is 11.3. The summed E-state index contributed by atoms with van der Waals surface area (Å²) in [6, 6.07) is 1.16. The van der Waals surface area contributed by atoms with Crippen LogP contribution < -0.4 is 0 Å². The number of hydrogen-bond donors (Lipinski definition) is 1. The Morgan fingerprint density at radius 3 is 2.53 bits per heavy atom. The number of nitrogens with zero attached hydrogens (tertiary/aromatic N) is 1. The lowest BCUT2D eigenvalue weighted by Gasteiger charge is -2.05. The highest BCUT2D eigenvalue weighted by Gasteiger charge is 2.24. The van der Waals surface area contributed by atoms with Crippen LogP contribution in [0.4, 0.5) is 0 Å². The van der Waals surface area contributed by atoms with Crippen molar-refractivity contribution < 1.29 is 19.4 Å². The van der Waals surface area contributed by atoms with Gasteiger partial charge in [-0.1, -0.05) is 34.8 Å². The molecule has 0 aliphatic carbocycles. The van der Waals surface area contributed by atoms with Crippen molar-refractivity contribution in [2.24, 2.45) is 0 Å². The number of halogens is 3. The largest absolute Gasteiger partial charge is 0.500 e. The summed E-state index contributed by atoms with van der Waals surface area (Å²) in [6.07, 6.45) is 0.851. The number of aliphatic carboxylic acids is 1. The smallest absolute Gasteiger partial charge is 0.342 e. The van der Waals surface area contributed by atoms with Gasteiger partial charge in [0.15, 0.2) is 0 Å². The summed E-state index contributed by atoms with van der Waals surface area (Å²) in [4.78, 5) is 26.6. The molecule has 0 atom stereocenters. The van der Waals surface area contributed by atoms with Gasteiger partial charge in [0, 0.05) is 0 Å². The van der Waals surface area contributed by atoms with Crippen molar-refractivity contribution in [1.29, 1.82) is 0 Å². The molecule has 0 aromatic carbocycles. The number of ether oxygens (including phenoxy) is 1. The van der Waals surface area contributed by atoms with E-state index in [-0.39, 0.29) is 27.5 Å². The molecule has 19 heavy (non-hydrogen) atoms. The summed E-state index contributed by atoms with van der Waals surface area (Å²) >= 11 is 17.1. The van der Waals surface area contributed by atoms with Gasteiger partial charge in [0.2, 0.25) is 5.78 Å². The number of Topliss-reactive ketones (excluding diaryl/α,β-unsaturated/α-hetero) is 1. The predicted molar refractivity (Wildman–Crippen MR) is 70.9 cm³/mol. The van der Waals surface area contributed by atoms with Gasteiger partial charge in [-0.2, -0.15) is 0 Å². The van der Waals surface area contributed by atoms with Crippen LogP contribution >= 0.6 is 34.8 Å². The zero-order valence-corrected chi connectivity index (χ0v) is 11.9. The topological polar surface area (TPSA) is 76.5 Å². The van der Waals surface area contributed by atoms with Gasteiger partial charge in [0.05, 0.1) is 17.2 Å². The fraction of sp³-hybridized carbons (Fsp3) is 0.182. The molecule has 0 unspecified atom stereocenters. The zero-order chi connectivity index (χ0) is 14.6. The number of carbonyl (C=O) groups is 2. The van der Waals surface area contributed by atoms with E-state index in [9.17, 15) is 9.59 Å². The van der Waals surface area contributed by atoms with Crippen LogP contribution in [0.3, 0.4) is 0 Å². The molecule has 0 spiro atoms. The Kier molecular flexibility index (Phi) is 5.60. The number of carboxylic acid groups (broad SMARTS) is 1. The predicted octanol–water partition coefficient (Wildman–Crippen LogP) is 3.23. The first-order valence-electron chi connectivity index (χ1n) is 4.99. The zero-order valence-electron chi connectivity index (χ0n) is 9.61. The lowest BCUT2D eigenvalue weighted by Crippen LogP contribution is -2.14.